The third-order valence-electron chi connectivity index (χ3n) is 2.27. The number of hydrogen-bond donors (Lipinski definition) is 1. The summed E-state index contributed by atoms with van der Waals surface area (Å²) in [6, 6.07) is 0.650. The van der Waals surface area contributed by atoms with Crippen LogP contribution in [0.2, 0.25) is 0 Å². The maximum Gasteiger partial charge on any atom is 0.0154 e. The molecular formula is C10H24N2S. The molecule has 0 aliphatic rings. The fourth-order valence-corrected chi connectivity index (χ4v) is 1.79. The van der Waals surface area contributed by atoms with Crippen molar-refractivity contribution in [2.24, 2.45) is 5.73 Å². The summed E-state index contributed by atoms with van der Waals surface area (Å²) in [6.45, 7) is 7.52. The highest BCUT2D eigenvalue weighted by Gasteiger charge is 2.14. The fraction of sp³-hybridized carbons (Fsp3) is 1.00. The first-order chi connectivity index (χ1) is 5.87. The van der Waals surface area contributed by atoms with Gasteiger partial charge in [-0.2, -0.15) is 11.8 Å². The SMILES string of the molecule is CSCC(C)N(C)CCC(C)(C)N. The molecule has 0 aliphatic carbocycles. The van der Waals surface area contributed by atoms with Gasteiger partial charge in [0.25, 0.3) is 0 Å². The topological polar surface area (TPSA) is 29.3 Å². The van der Waals surface area contributed by atoms with E-state index in [1.54, 1.807) is 0 Å². The average molecular weight is 204 g/mol. The van der Waals surface area contributed by atoms with Crippen molar-refractivity contribution < 1.29 is 0 Å². The van der Waals surface area contributed by atoms with E-state index in [9.17, 15) is 0 Å². The van der Waals surface area contributed by atoms with E-state index in [1.165, 1.54) is 5.75 Å². The molecule has 0 aromatic rings. The van der Waals surface area contributed by atoms with Gasteiger partial charge >= 0.3 is 0 Å². The molecule has 0 aliphatic heterocycles. The smallest absolute Gasteiger partial charge is 0.0154 e. The molecule has 0 aromatic heterocycles. The first kappa shape index (κ1) is 13.3. The van der Waals surface area contributed by atoms with Gasteiger partial charge in [-0.1, -0.05) is 0 Å². The molecule has 1 unspecified atom stereocenters. The number of rotatable bonds is 6. The Labute approximate surface area is 87.2 Å². The Balaban J connectivity index is 3.67. The van der Waals surface area contributed by atoms with Crippen LogP contribution in [0, 0.1) is 0 Å². The molecule has 0 rings (SSSR count). The minimum Gasteiger partial charge on any atom is -0.326 e. The van der Waals surface area contributed by atoms with Crippen molar-refractivity contribution in [2.45, 2.75) is 38.8 Å². The monoisotopic (exact) mass is 204 g/mol. The molecule has 2 nitrogen and oxygen atoms in total. The second kappa shape index (κ2) is 5.89. The average Bonchev–Trinajstić information content (AvgIpc) is 1.99. The molecule has 0 aromatic carbocycles. The predicted octanol–water partition coefficient (Wildman–Crippen LogP) is 1.80. The lowest BCUT2D eigenvalue weighted by Crippen LogP contribution is -2.39. The molecular weight excluding hydrogens is 180 g/mol. The molecule has 0 bridgehead atoms. The Hall–Kier alpha value is 0.270. The second-order valence-electron chi connectivity index (χ2n) is 4.52. The lowest BCUT2D eigenvalue weighted by Gasteiger charge is -2.27. The summed E-state index contributed by atoms with van der Waals surface area (Å²) in [4.78, 5) is 2.38. The van der Waals surface area contributed by atoms with Crippen LogP contribution in [0.1, 0.15) is 27.2 Å². The van der Waals surface area contributed by atoms with E-state index in [-0.39, 0.29) is 5.54 Å². The molecule has 2 N–H and O–H groups in total. The van der Waals surface area contributed by atoms with Gasteiger partial charge in [-0.05, 0) is 47.0 Å². The van der Waals surface area contributed by atoms with Gasteiger partial charge < -0.3 is 10.6 Å². The van der Waals surface area contributed by atoms with Crippen molar-refractivity contribution in [3.8, 4) is 0 Å². The van der Waals surface area contributed by atoms with E-state index in [0.29, 0.717) is 6.04 Å². The summed E-state index contributed by atoms with van der Waals surface area (Å²) in [5.74, 6) is 1.20. The summed E-state index contributed by atoms with van der Waals surface area (Å²) < 4.78 is 0. The van der Waals surface area contributed by atoms with Gasteiger partial charge in [-0.25, -0.2) is 0 Å². The largest absolute Gasteiger partial charge is 0.326 e. The van der Waals surface area contributed by atoms with Crippen LogP contribution in [-0.2, 0) is 0 Å². The van der Waals surface area contributed by atoms with E-state index in [4.69, 9.17) is 5.73 Å². The van der Waals surface area contributed by atoms with Gasteiger partial charge in [0.15, 0.2) is 0 Å². The molecule has 80 valence electrons. The lowest BCUT2D eigenvalue weighted by atomic mass is 10.0. The quantitative estimate of drug-likeness (QED) is 0.715. The molecule has 1 atom stereocenters. The third kappa shape index (κ3) is 7.35. The van der Waals surface area contributed by atoms with Gasteiger partial charge in [-0.3, -0.25) is 0 Å². The van der Waals surface area contributed by atoms with Crippen LogP contribution in [0.25, 0.3) is 0 Å². The van der Waals surface area contributed by atoms with Crippen molar-refractivity contribution in [3.63, 3.8) is 0 Å². The zero-order chi connectivity index (χ0) is 10.5. The first-order valence-corrected chi connectivity index (χ1v) is 6.24. The Morgan fingerprint density at radius 2 is 2.00 bits per heavy atom. The van der Waals surface area contributed by atoms with Crippen molar-refractivity contribution in [2.75, 3.05) is 25.6 Å². The highest BCUT2D eigenvalue weighted by Crippen LogP contribution is 2.08. The lowest BCUT2D eigenvalue weighted by molar-refractivity contribution is 0.251. The van der Waals surface area contributed by atoms with Crippen LogP contribution < -0.4 is 5.73 Å². The van der Waals surface area contributed by atoms with Crippen LogP contribution >= 0.6 is 11.8 Å². The molecule has 0 amide bonds. The van der Waals surface area contributed by atoms with Crippen LogP contribution in [0.15, 0.2) is 0 Å². The van der Waals surface area contributed by atoms with Crippen molar-refractivity contribution in [3.05, 3.63) is 0 Å². The number of nitrogens with zero attached hydrogens (tertiary/aromatic N) is 1. The maximum absolute atomic E-state index is 5.93. The summed E-state index contributed by atoms with van der Waals surface area (Å²) in [5.41, 5.74) is 5.89. The molecule has 3 heteroatoms. The fourth-order valence-electron chi connectivity index (χ4n) is 1.05. The van der Waals surface area contributed by atoms with Gasteiger partial charge in [0.1, 0.15) is 0 Å². The van der Waals surface area contributed by atoms with Crippen LogP contribution in [-0.4, -0.2) is 42.1 Å². The van der Waals surface area contributed by atoms with Crippen molar-refractivity contribution >= 4 is 11.8 Å². The standard InChI is InChI=1S/C10H24N2S/c1-9(8-13-5)12(4)7-6-10(2,3)11/h9H,6-8,11H2,1-5H3. The molecule has 0 saturated carbocycles. The summed E-state index contributed by atoms with van der Waals surface area (Å²) in [5, 5.41) is 0. The van der Waals surface area contributed by atoms with Gasteiger partial charge in [-0.15, -0.1) is 0 Å². The highest BCUT2D eigenvalue weighted by atomic mass is 32.2. The predicted molar refractivity (Wildman–Crippen MR) is 63.4 cm³/mol. The Kier molecular flexibility index (Phi) is 6.01. The van der Waals surface area contributed by atoms with Gasteiger partial charge in [0.2, 0.25) is 0 Å². The minimum absolute atomic E-state index is 0.0344. The van der Waals surface area contributed by atoms with Gasteiger partial charge in [0.05, 0.1) is 0 Å². The van der Waals surface area contributed by atoms with E-state index < -0.39 is 0 Å². The van der Waals surface area contributed by atoms with E-state index >= 15 is 0 Å². The van der Waals surface area contributed by atoms with E-state index in [1.807, 2.05) is 11.8 Å². The van der Waals surface area contributed by atoms with E-state index in [2.05, 4.69) is 39.0 Å². The zero-order valence-corrected chi connectivity index (χ0v) is 10.4. The van der Waals surface area contributed by atoms with Crippen LogP contribution in [0.5, 0.6) is 0 Å². The van der Waals surface area contributed by atoms with Crippen molar-refractivity contribution in [1.29, 1.82) is 0 Å². The third-order valence-corrected chi connectivity index (χ3v) is 3.08. The normalized spacial score (nSPS) is 15.0. The van der Waals surface area contributed by atoms with Crippen molar-refractivity contribution in [1.82, 2.24) is 4.90 Å². The molecule has 0 spiro atoms. The molecule has 0 saturated heterocycles. The van der Waals surface area contributed by atoms with Crippen LogP contribution in [0.4, 0.5) is 0 Å². The molecule has 0 heterocycles. The number of thioether (sulfide) groups is 1. The second-order valence-corrected chi connectivity index (χ2v) is 5.43. The van der Waals surface area contributed by atoms with Crippen LogP contribution in [0.3, 0.4) is 0 Å². The summed E-state index contributed by atoms with van der Waals surface area (Å²) in [7, 11) is 2.17. The molecule has 13 heavy (non-hydrogen) atoms. The summed E-state index contributed by atoms with van der Waals surface area (Å²) >= 11 is 1.90. The van der Waals surface area contributed by atoms with Gasteiger partial charge in [0, 0.05) is 17.3 Å². The number of nitrogens with two attached hydrogens (primary N) is 1. The summed E-state index contributed by atoms with van der Waals surface area (Å²) in [6.07, 6.45) is 3.21. The Morgan fingerprint density at radius 1 is 1.46 bits per heavy atom. The Bertz CT molecular complexity index is 131. The Morgan fingerprint density at radius 3 is 2.38 bits per heavy atom. The van der Waals surface area contributed by atoms with E-state index in [0.717, 1.165) is 13.0 Å². The molecule has 0 radical (unpaired) electrons. The molecule has 0 fully saturated rings. The first-order valence-electron chi connectivity index (χ1n) is 4.85. The maximum atomic E-state index is 5.93. The number of hydrogen-bond acceptors (Lipinski definition) is 3. The zero-order valence-electron chi connectivity index (χ0n) is 9.63. The highest BCUT2D eigenvalue weighted by molar-refractivity contribution is 7.98. The minimum atomic E-state index is -0.0344.